The first kappa shape index (κ1) is 21.8. The molecule has 2 aliphatic heterocycles. The highest BCUT2D eigenvalue weighted by Gasteiger charge is 2.31. The van der Waals surface area contributed by atoms with E-state index in [2.05, 4.69) is 21.4 Å². The molecule has 33 heavy (non-hydrogen) atoms. The first-order chi connectivity index (χ1) is 16.2. The molecule has 1 aromatic heterocycles. The Bertz CT molecular complexity index is 1080. The molecule has 0 unspecified atom stereocenters. The van der Waals surface area contributed by atoms with Gasteiger partial charge in [0.1, 0.15) is 11.6 Å². The third kappa shape index (κ3) is 5.00. The lowest BCUT2D eigenvalue weighted by molar-refractivity contribution is -0.136. The second-order valence-electron chi connectivity index (χ2n) is 8.68. The minimum atomic E-state index is -0.201. The maximum Gasteiger partial charge on any atom is 0.225 e. The van der Waals surface area contributed by atoms with Crippen molar-refractivity contribution >= 4 is 28.3 Å². The van der Waals surface area contributed by atoms with Crippen molar-refractivity contribution in [2.75, 3.05) is 49.1 Å². The molecule has 1 amide bonds. The number of carbonyl (C=O) groups is 1. The summed E-state index contributed by atoms with van der Waals surface area (Å²) in [7, 11) is 0. The number of carbonyl (C=O) groups excluding carboxylic acids is 1. The molecular weight excluding hydrogens is 437 g/mol. The summed E-state index contributed by atoms with van der Waals surface area (Å²) in [6.45, 7) is 4.28. The van der Waals surface area contributed by atoms with Gasteiger partial charge in [0.2, 0.25) is 11.0 Å². The molecule has 172 valence electrons. The van der Waals surface area contributed by atoms with Crippen LogP contribution in [0.4, 0.5) is 15.2 Å². The number of nitrogens with zero attached hydrogens (tertiary/aromatic N) is 5. The number of rotatable bonds is 5. The number of hydrogen-bond acceptors (Lipinski definition) is 6. The van der Waals surface area contributed by atoms with Crippen LogP contribution in [0.15, 0.2) is 54.6 Å². The van der Waals surface area contributed by atoms with Crippen molar-refractivity contribution in [3.05, 3.63) is 71.8 Å². The van der Waals surface area contributed by atoms with Gasteiger partial charge in [0.15, 0.2) is 0 Å². The quantitative estimate of drug-likeness (QED) is 0.573. The Balaban J connectivity index is 1.11. The van der Waals surface area contributed by atoms with Crippen LogP contribution in [0.5, 0.6) is 0 Å². The minimum absolute atomic E-state index is 0.0537. The van der Waals surface area contributed by atoms with Crippen LogP contribution in [-0.4, -0.2) is 59.4 Å². The van der Waals surface area contributed by atoms with Crippen molar-refractivity contribution in [3.63, 3.8) is 0 Å². The SMILES string of the molecule is O=C(C1CCN(c2nc(Cc3ccccc3)ns2)CC1)N1CCN(c2ccccc2F)CC1. The number of anilines is 2. The van der Waals surface area contributed by atoms with E-state index in [1.54, 1.807) is 12.1 Å². The monoisotopic (exact) mass is 465 g/mol. The van der Waals surface area contributed by atoms with E-state index in [1.165, 1.54) is 23.2 Å². The molecule has 3 aromatic rings. The maximum atomic E-state index is 14.1. The predicted molar refractivity (Wildman–Crippen MR) is 129 cm³/mol. The number of piperidine rings is 1. The van der Waals surface area contributed by atoms with E-state index in [4.69, 9.17) is 4.98 Å². The van der Waals surface area contributed by atoms with Crippen LogP contribution in [-0.2, 0) is 11.2 Å². The van der Waals surface area contributed by atoms with E-state index < -0.39 is 0 Å². The molecule has 2 aliphatic rings. The number of piperazine rings is 1. The molecule has 2 aromatic carbocycles. The first-order valence-electron chi connectivity index (χ1n) is 11.6. The lowest BCUT2D eigenvalue weighted by Crippen LogP contribution is -2.51. The fraction of sp³-hybridized carbons (Fsp3) is 0.400. The van der Waals surface area contributed by atoms with Crippen LogP contribution < -0.4 is 9.80 Å². The fourth-order valence-corrected chi connectivity index (χ4v) is 5.41. The van der Waals surface area contributed by atoms with Crippen LogP contribution in [0.3, 0.4) is 0 Å². The van der Waals surface area contributed by atoms with Gasteiger partial charge in [0, 0.05) is 63.1 Å². The topological polar surface area (TPSA) is 52.6 Å². The average molecular weight is 466 g/mol. The molecule has 0 N–H and O–H groups in total. The highest BCUT2D eigenvalue weighted by molar-refractivity contribution is 7.09. The normalized spacial score (nSPS) is 17.4. The molecule has 0 saturated carbocycles. The zero-order chi connectivity index (χ0) is 22.6. The van der Waals surface area contributed by atoms with E-state index in [1.807, 2.05) is 34.1 Å². The van der Waals surface area contributed by atoms with E-state index in [9.17, 15) is 9.18 Å². The van der Waals surface area contributed by atoms with E-state index in [0.717, 1.165) is 43.3 Å². The highest BCUT2D eigenvalue weighted by atomic mass is 32.1. The summed E-state index contributed by atoms with van der Waals surface area (Å²) in [5.74, 6) is 0.947. The van der Waals surface area contributed by atoms with Gasteiger partial charge in [-0.2, -0.15) is 4.37 Å². The van der Waals surface area contributed by atoms with Crippen LogP contribution in [0.2, 0.25) is 0 Å². The van der Waals surface area contributed by atoms with Crippen molar-refractivity contribution in [2.45, 2.75) is 19.3 Å². The van der Waals surface area contributed by atoms with Gasteiger partial charge in [-0.1, -0.05) is 42.5 Å². The Hall–Kier alpha value is -3.00. The van der Waals surface area contributed by atoms with Crippen LogP contribution in [0, 0.1) is 11.7 Å². The Kier molecular flexibility index (Phi) is 6.53. The molecule has 2 saturated heterocycles. The van der Waals surface area contributed by atoms with E-state index >= 15 is 0 Å². The summed E-state index contributed by atoms with van der Waals surface area (Å²) in [6.07, 6.45) is 2.41. The summed E-state index contributed by atoms with van der Waals surface area (Å²) >= 11 is 1.45. The van der Waals surface area contributed by atoms with Gasteiger partial charge in [0.25, 0.3) is 0 Å². The van der Waals surface area contributed by atoms with Crippen LogP contribution in [0.25, 0.3) is 0 Å². The number of hydrogen-bond donors (Lipinski definition) is 0. The summed E-state index contributed by atoms with van der Waals surface area (Å²) < 4.78 is 18.6. The Morgan fingerprint density at radius 2 is 1.61 bits per heavy atom. The zero-order valence-electron chi connectivity index (χ0n) is 18.6. The molecule has 3 heterocycles. The molecule has 0 spiro atoms. The van der Waals surface area contributed by atoms with Gasteiger partial charge in [-0.05, 0) is 30.5 Å². The predicted octanol–water partition coefficient (Wildman–Crippen LogP) is 3.83. The van der Waals surface area contributed by atoms with Crippen molar-refractivity contribution in [3.8, 4) is 0 Å². The molecule has 0 radical (unpaired) electrons. The first-order valence-corrected chi connectivity index (χ1v) is 12.3. The van der Waals surface area contributed by atoms with Crippen molar-refractivity contribution in [1.29, 1.82) is 0 Å². The number of amides is 1. The largest absolute Gasteiger partial charge is 0.366 e. The van der Waals surface area contributed by atoms with Crippen molar-refractivity contribution < 1.29 is 9.18 Å². The summed E-state index contributed by atoms with van der Waals surface area (Å²) in [5.41, 5.74) is 1.84. The molecule has 0 bridgehead atoms. The van der Waals surface area contributed by atoms with Gasteiger partial charge < -0.3 is 14.7 Å². The number of para-hydroxylation sites is 1. The number of benzene rings is 2. The smallest absolute Gasteiger partial charge is 0.225 e. The van der Waals surface area contributed by atoms with Crippen LogP contribution >= 0.6 is 11.5 Å². The van der Waals surface area contributed by atoms with E-state index in [-0.39, 0.29) is 17.6 Å². The Morgan fingerprint density at radius 1 is 0.909 bits per heavy atom. The number of aromatic nitrogens is 2. The van der Waals surface area contributed by atoms with Crippen molar-refractivity contribution in [1.82, 2.24) is 14.3 Å². The lowest BCUT2D eigenvalue weighted by Gasteiger charge is -2.39. The molecule has 0 aliphatic carbocycles. The standard InChI is InChI=1S/C25H28FN5OS/c26-21-8-4-5-9-22(21)29-14-16-30(17-15-29)24(32)20-10-12-31(13-11-20)25-27-23(28-33-25)18-19-6-2-1-3-7-19/h1-9,20H,10-18H2. The molecule has 0 atom stereocenters. The third-order valence-corrected chi connectivity index (χ3v) is 7.38. The van der Waals surface area contributed by atoms with Gasteiger partial charge in [0.05, 0.1) is 5.69 Å². The summed E-state index contributed by atoms with van der Waals surface area (Å²) in [6, 6.07) is 17.1. The third-order valence-electron chi connectivity index (χ3n) is 6.56. The van der Waals surface area contributed by atoms with Crippen LogP contribution in [0.1, 0.15) is 24.2 Å². The minimum Gasteiger partial charge on any atom is -0.366 e. The second kappa shape index (κ2) is 9.87. The van der Waals surface area contributed by atoms with Crippen molar-refractivity contribution in [2.24, 2.45) is 5.92 Å². The second-order valence-corrected chi connectivity index (χ2v) is 9.41. The fourth-order valence-electron chi connectivity index (χ4n) is 4.68. The molecule has 2 fully saturated rings. The van der Waals surface area contributed by atoms with Gasteiger partial charge in [-0.3, -0.25) is 4.79 Å². The number of halogens is 1. The average Bonchev–Trinajstić information content (AvgIpc) is 3.33. The highest BCUT2D eigenvalue weighted by Crippen LogP contribution is 2.27. The maximum absolute atomic E-state index is 14.1. The molecule has 5 rings (SSSR count). The Morgan fingerprint density at radius 3 is 2.33 bits per heavy atom. The van der Waals surface area contributed by atoms with Gasteiger partial charge >= 0.3 is 0 Å². The zero-order valence-corrected chi connectivity index (χ0v) is 19.4. The molecular formula is C25H28FN5OS. The molecule has 6 nitrogen and oxygen atoms in total. The van der Waals surface area contributed by atoms with E-state index in [0.29, 0.717) is 31.9 Å². The Labute approximate surface area is 197 Å². The lowest BCUT2D eigenvalue weighted by atomic mass is 9.95. The summed E-state index contributed by atoms with van der Waals surface area (Å²) in [5, 5.41) is 0.949. The van der Waals surface area contributed by atoms with Gasteiger partial charge in [-0.15, -0.1) is 0 Å². The molecule has 8 heteroatoms. The van der Waals surface area contributed by atoms with Gasteiger partial charge in [-0.25, -0.2) is 9.37 Å². The summed E-state index contributed by atoms with van der Waals surface area (Å²) in [4.78, 5) is 24.1.